The summed E-state index contributed by atoms with van der Waals surface area (Å²) in [4.78, 5) is 0. The molecule has 0 heterocycles. The van der Waals surface area contributed by atoms with Gasteiger partial charge in [0.15, 0.2) is 11.5 Å². The maximum absolute atomic E-state index is 13.9. The second kappa shape index (κ2) is 9.96. The summed E-state index contributed by atoms with van der Waals surface area (Å²) in [5.41, 5.74) is 3.57. The number of benzene rings is 3. The van der Waals surface area contributed by atoms with Crippen LogP contribution >= 0.6 is 11.6 Å². The van der Waals surface area contributed by atoms with E-state index >= 15 is 0 Å². The third kappa shape index (κ3) is 5.20. The highest BCUT2D eigenvalue weighted by Crippen LogP contribution is 2.38. The molecule has 0 fully saturated rings. The van der Waals surface area contributed by atoms with Crippen LogP contribution in [0.1, 0.15) is 29.2 Å². The van der Waals surface area contributed by atoms with E-state index in [1.807, 2.05) is 38.1 Å². The fraction of sp³-hybridized carbons (Fsp3) is 0.160. The quantitative estimate of drug-likeness (QED) is 0.310. The van der Waals surface area contributed by atoms with E-state index in [0.29, 0.717) is 39.8 Å². The Morgan fingerprint density at radius 3 is 2.50 bits per heavy atom. The van der Waals surface area contributed by atoms with E-state index in [-0.39, 0.29) is 12.4 Å². The summed E-state index contributed by atoms with van der Waals surface area (Å²) < 4.78 is 25.4. The molecule has 3 nitrogen and oxygen atoms in total. The number of ether oxygens (including phenoxy) is 2. The third-order valence-corrected chi connectivity index (χ3v) is 4.74. The summed E-state index contributed by atoms with van der Waals surface area (Å²) in [6, 6.07) is 19.8. The number of hydrogen-bond donors (Lipinski definition) is 0. The van der Waals surface area contributed by atoms with E-state index in [2.05, 4.69) is 6.07 Å². The SMILES string of the molecule is CCOc1cc(/C=C(/C#N)c2ccc(C)cc2)cc(Cl)c1OCc1ccccc1F. The monoisotopic (exact) mass is 421 g/mol. The zero-order valence-electron chi connectivity index (χ0n) is 16.8. The molecule has 0 aliphatic rings. The number of hydrogen-bond acceptors (Lipinski definition) is 3. The Morgan fingerprint density at radius 1 is 1.10 bits per heavy atom. The molecule has 3 aromatic rings. The lowest BCUT2D eigenvalue weighted by Crippen LogP contribution is -2.02. The van der Waals surface area contributed by atoms with Gasteiger partial charge in [0.2, 0.25) is 0 Å². The molecule has 0 aliphatic carbocycles. The molecule has 0 unspecified atom stereocenters. The maximum atomic E-state index is 13.9. The fourth-order valence-corrected chi connectivity index (χ4v) is 3.19. The maximum Gasteiger partial charge on any atom is 0.180 e. The van der Waals surface area contributed by atoms with Crippen molar-refractivity contribution in [1.82, 2.24) is 0 Å². The van der Waals surface area contributed by atoms with E-state index < -0.39 is 0 Å². The molecule has 30 heavy (non-hydrogen) atoms. The third-order valence-electron chi connectivity index (χ3n) is 4.46. The lowest BCUT2D eigenvalue weighted by atomic mass is 10.0. The topological polar surface area (TPSA) is 42.2 Å². The van der Waals surface area contributed by atoms with Crippen molar-refractivity contribution in [2.45, 2.75) is 20.5 Å². The molecule has 0 bridgehead atoms. The van der Waals surface area contributed by atoms with Crippen LogP contribution in [0, 0.1) is 24.1 Å². The second-order valence-electron chi connectivity index (χ2n) is 6.68. The minimum atomic E-state index is -0.345. The first-order chi connectivity index (χ1) is 14.5. The van der Waals surface area contributed by atoms with Gasteiger partial charge in [-0.1, -0.05) is 59.6 Å². The normalized spacial score (nSPS) is 11.1. The van der Waals surface area contributed by atoms with Crippen LogP contribution < -0.4 is 9.47 Å². The first kappa shape index (κ1) is 21.4. The van der Waals surface area contributed by atoms with Crippen molar-refractivity contribution in [1.29, 1.82) is 5.26 Å². The minimum Gasteiger partial charge on any atom is -0.490 e. The highest BCUT2D eigenvalue weighted by Gasteiger charge is 2.14. The van der Waals surface area contributed by atoms with E-state index in [1.165, 1.54) is 6.07 Å². The van der Waals surface area contributed by atoms with Gasteiger partial charge in [-0.25, -0.2) is 4.39 Å². The van der Waals surface area contributed by atoms with Crippen molar-refractivity contribution in [3.05, 3.63) is 93.8 Å². The molecule has 0 atom stereocenters. The van der Waals surface area contributed by atoms with Crippen molar-refractivity contribution in [3.8, 4) is 17.6 Å². The van der Waals surface area contributed by atoms with Gasteiger partial charge in [0.25, 0.3) is 0 Å². The van der Waals surface area contributed by atoms with Crippen molar-refractivity contribution in [3.63, 3.8) is 0 Å². The first-order valence-corrected chi connectivity index (χ1v) is 9.91. The smallest absolute Gasteiger partial charge is 0.180 e. The van der Waals surface area contributed by atoms with Gasteiger partial charge in [0.1, 0.15) is 12.4 Å². The van der Waals surface area contributed by atoms with Gasteiger partial charge in [0.05, 0.1) is 23.3 Å². The van der Waals surface area contributed by atoms with Crippen LogP contribution in [0.3, 0.4) is 0 Å². The van der Waals surface area contributed by atoms with Gasteiger partial charge < -0.3 is 9.47 Å². The summed E-state index contributed by atoms with van der Waals surface area (Å²) in [6.07, 6.45) is 1.75. The average Bonchev–Trinajstić information content (AvgIpc) is 2.73. The van der Waals surface area contributed by atoms with E-state index in [4.69, 9.17) is 21.1 Å². The van der Waals surface area contributed by atoms with Crippen molar-refractivity contribution in [2.75, 3.05) is 6.61 Å². The number of allylic oxidation sites excluding steroid dienone is 1. The molecule has 5 heteroatoms. The summed E-state index contributed by atoms with van der Waals surface area (Å²) in [6.45, 7) is 4.27. The fourth-order valence-electron chi connectivity index (χ4n) is 2.92. The average molecular weight is 422 g/mol. The molecular weight excluding hydrogens is 401 g/mol. The van der Waals surface area contributed by atoms with Gasteiger partial charge in [-0.15, -0.1) is 0 Å². The Bertz CT molecular complexity index is 1100. The largest absolute Gasteiger partial charge is 0.490 e. The van der Waals surface area contributed by atoms with E-state index in [9.17, 15) is 9.65 Å². The Hall–Kier alpha value is -3.29. The Balaban J connectivity index is 1.93. The molecule has 0 saturated carbocycles. The van der Waals surface area contributed by atoms with Crippen LogP contribution in [0.4, 0.5) is 4.39 Å². The van der Waals surface area contributed by atoms with Crippen LogP contribution in [0.5, 0.6) is 11.5 Å². The summed E-state index contributed by atoms with van der Waals surface area (Å²) in [5.74, 6) is 0.435. The lowest BCUT2D eigenvalue weighted by Gasteiger charge is -2.15. The van der Waals surface area contributed by atoms with Crippen LogP contribution in [0.2, 0.25) is 5.02 Å². The van der Waals surface area contributed by atoms with Gasteiger partial charge in [-0.2, -0.15) is 5.26 Å². The molecule has 0 saturated heterocycles. The van der Waals surface area contributed by atoms with Crippen molar-refractivity contribution >= 4 is 23.3 Å². The summed E-state index contributed by atoms with van der Waals surface area (Å²) in [5, 5.41) is 9.92. The standard InChI is InChI=1S/C25H21ClFNO2/c1-3-29-24-14-18(12-21(15-28)19-10-8-17(2)9-11-19)13-22(26)25(24)30-16-20-6-4-5-7-23(20)27/h4-14H,3,16H2,1-2H3/b21-12-. The van der Waals surface area contributed by atoms with Crippen LogP contribution in [0.15, 0.2) is 60.7 Å². The number of aryl methyl sites for hydroxylation is 1. The molecule has 0 spiro atoms. The molecule has 0 N–H and O–H groups in total. The minimum absolute atomic E-state index is 0.0223. The van der Waals surface area contributed by atoms with E-state index in [1.54, 1.807) is 36.4 Å². The molecule has 0 aromatic heterocycles. The Labute approximate surface area is 180 Å². The number of halogens is 2. The van der Waals surface area contributed by atoms with Crippen LogP contribution in [-0.4, -0.2) is 6.61 Å². The Morgan fingerprint density at radius 2 is 1.83 bits per heavy atom. The molecule has 0 radical (unpaired) electrons. The summed E-state index contributed by atoms with van der Waals surface area (Å²) >= 11 is 6.46. The number of nitriles is 1. The summed E-state index contributed by atoms with van der Waals surface area (Å²) in [7, 11) is 0. The van der Waals surface area contributed by atoms with Crippen molar-refractivity contribution < 1.29 is 13.9 Å². The van der Waals surface area contributed by atoms with Crippen molar-refractivity contribution in [2.24, 2.45) is 0 Å². The van der Waals surface area contributed by atoms with Gasteiger partial charge in [0, 0.05) is 5.56 Å². The zero-order valence-corrected chi connectivity index (χ0v) is 17.5. The first-order valence-electron chi connectivity index (χ1n) is 9.53. The molecule has 3 aromatic carbocycles. The van der Waals surface area contributed by atoms with Gasteiger partial charge >= 0.3 is 0 Å². The lowest BCUT2D eigenvalue weighted by molar-refractivity contribution is 0.266. The number of nitrogens with zero attached hydrogens (tertiary/aromatic N) is 1. The molecule has 0 amide bonds. The molecule has 0 aliphatic heterocycles. The van der Waals surface area contributed by atoms with Gasteiger partial charge in [-0.05, 0) is 49.2 Å². The predicted molar refractivity (Wildman–Crippen MR) is 118 cm³/mol. The molecular formula is C25H21ClFNO2. The van der Waals surface area contributed by atoms with Crippen LogP contribution in [0.25, 0.3) is 11.6 Å². The van der Waals surface area contributed by atoms with E-state index in [0.717, 1.165) is 11.1 Å². The predicted octanol–water partition coefficient (Wildman–Crippen LogP) is 6.83. The number of rotatable bonds is 7. The Kier molecular flexibility index (Phi) is 7.11. The van der Waals surface area contributed by atoms with Gasteiger partial charge in [-0.3, -0.25) is 0 Å². The molecule has 3 rings (SSSR count). The highest BCUT2D eigenvalue weighted by molar-refractivity contribution is 6.32. The van der Waals surface area contributed by atoms with Crippen LogP contribution in [-0.2, 0) is 6.61 Å². The second-order valence-corrected chi connectivity index (χ2v) is 7.09. The molecule has 152 valence electrons. The highest BCUT2D eigenvalue weighted by atomic mass is 35.5. The zero-order chi connectivity index (χ0) is 21.5.